The predicted molar refractivity (Wildman–Crippen MR) is 53.7 cm³/mol. The number of carbonyl (C=O) groups excluding carboxylic acids is 2. The van der Waals surface area contributed by atoms with Gasteiger partial charge in [0.2, 0.25) is 0 Å². The van der Waals surface area contributed by atoms with Crippen LogP contribution in [0.25, 0.3) is 0 Å². The largest absolute Gasteiger partial charge is 0.295 e. The van der Waals surface area contributed by atoms with E-state index in [9.17, 15) is 9.59 Å². The molecular formula is C12H16O2. The first kappa shape index (κ1) is 9.63. The Balaban J connectivity index is 2.35. The molecule has 2 nitrogen and oxygen atoms in total. The van der Waals surface area contributed by atoms with Crippen LogP contribution in [0.3, 0.4) is 0 Å². The highest BCUT2D eigenvalue weighted by molar-refractivity contribution is 6.07. The van der Waals surface area contributed by atoms with Gasteiger partial charge in [0, 0.05) is 11.8 Å². The topological polar surface area (TPSA) is 34.1 Å². The van der Waals surface area contributed by atoms with E-state index >= 15 is 0 Å². The Hall–Kier alpha value is -0.920. The van der Waals surface area contributed by atoms with Crippen LogP contribution in [0.5, 0.6) is 0 Å². The van der Waals surface area contributed by atoms with Crippen LogP contribution >= 0.6 is 0 Å². The fraction of sp³-hybridized carbons (Fsp3) is 0.667. The van der Waals surface area contributed by atoms with Crippen molar-refractivity contribution in [1.82, 2.24) is 0 Å². The van der Waals surface area contributed by atoms with Crippen molar-refractivity contribution in [1.29, 1.82) is 0 Å². The number of allylic oxidation sites excluding steroid dienone is 2. The van der Waals surface area contributed by atoms with Crippen LogP contribution in [-0.2, 0) is 9.59 Å². The Morgan fingerprint density at radius 3 is 1.64 bits per heavy atom. The molecule has 2 aliphatic carbocycles. The molecule has 76 valence electrons. The van der Waals surface area contributed by atoms with E-state index in [1.54, 1.807) is 0 Å². The molecule has 0 heterocycles. The zero-order valence-corrected chi connectivity index (χ0v) is 8.69. The Labute approximate surface area is 84.4 Å². The molecule has 0 saturated heterocycles. The van der Waals surface area contributed by atoms with Gasteiger partial charge in [0.1, 0.15) is 0 Å². The molecule has 0 bridgehead atoms. The maximum atomic E-state index is 11.7. The minimum atomic E-state index is -0.0313. The van der Waals surface area contributed by atoms with E-state index in [4.69, 9.17) is 0 Å². The molecule has 1 fully saturated rings. The molecule has 4 atom stereocenters. The van der Waals surface area contributed by atoms with E-state index in [0.717, 1.165) is 12.8 Å². The summed E-state index contributed by atoms with van der Waals surface area (Å²) in [6, 6.07) is 0. The first-order chi connectivity index (χ1) is 6.61. The quantitative estimate of drug-likeness (QED) is 0.588. The predicted octanol–water partition coefficient (Wildman–Crippen LogP) is 1.99. The zero-order chi connectivity index (χ0) is 10.3. The molecule has 14 heavy (non-hydrogen) atoms. The van der Waals surface area contributed by atoms with Gasteiger partial charge in [-0.3, -0.25) is 9.59 Å². The van der Waals surface area contributed by atoms with E-state index in [0.29, 0.717) is 11.8 Å². The average Bonchev–Trinajstić information content (AvgIpc) is 2.16. The lowest BCUT2D eigenvalue weighted by atomic mass is 9.63. The van der Waals surface area contributed by atoms with E-state index in [-0.39, 0.29) is 23.4 Å². The number of rotatable bonds is 0. The van der Waals surface area contributed by atoms with Crippen molar-refractivity contribution >= 4 is 11.6 Å². The van der Waals surface area contributed by atoms with E-state index in [1.807, 2.05) is 0 Å². The molecule has 0 aromatic heterocycles. The maximum absolute atomic E-state index is 11.7. The molecule has 1 saturated carbocycles. The van der Waals surface area contributed by atoms with Gasteiger partial charge in [-0.25, -0.2) is 0 Å². The van der Waals surface area contributed by atoms with E-state index in [2.05, 4.69) is 13.8 Å². The smallest absolute Gasteiger partial charge is 0.159 e. The van der Waals surface area contributed by atoms with Crippen LogP contribution < -0.4 is 0 Å². The van der Waals surface area contributed by atoms with Gasteiger partial charge >= 0.3 is 0 Å². The SMILES string of the molecule is CC1CCC(C)C2C(=O)C=CC(=O)C12. The monoisotopic (exact) mass is 192 g/mol. The van der Waals surface area contributed by atoms with Gasteiger partial charge in [0.05, 0.1) is 0 Å². The lowest BCUT2D eigenvalue weighted by molar-refractivity contribution is -0.135. The summed E-state index contributed by atoms with van der Waals surface area (Å²) in [4.78, 5) is 23.4. The van der Waals surface area contributed by atoms with Crippen molar-refractivity contribution in [3.63, 3.8) is 0 Å². The van der Waals surface area contributed by atoms with Crippen LogP contribution in [0.4, 0.5) is 0 Å². The molecule has 2 aliphatic rings. The second-order valence-electron chi connectivity index (χ2n) is 4.72. The third kappa shape index (κ3) is 1.33. The van der Waals surface area contributed by atoms with Crippen molar-refractivity contribution in [2.45, 2.75) is 26.7 Å². The van der Waals surface area contributed by atoms with E-state index in [1.165, 1.54) is 12.2 Å². The number of ketones is 2. The summed E-state index contributed by atoms with van der Waals surface area (Å²) in [5.41, 5.74) is 0. The number of carbonyl (C=O) groups is 2. The summed E-state index contributed by atoms with van der Waals surface area (Å²) in [6.07, 6.45) is 5.10. The third-order valence-electron chi connectivity index (χ3n) is 3.76. The number of fused-ring (bicyclic) bond motifs is 1. The lowest BCUT2D eigenvalue weighted by Crippen LogP contribution is -2.43. The third-order valence-corrected chi connectivity index (χ3v) is 3.76. The molecule has 0 aromatic rings. The zero-order valence-electron chi connectivity index (χ0n) is 8.69. The minimum absolute atomic E-state index is 0.0313. The number of hydrogen-bond donors (Lipinski definition) is 0. The van der Waals surface area contributed by atoms with Crippen molar-refractivity contribution < 1.29 is 9.59 Å². The highest BCUT2D eigenvalue weighted by atomic mass is 16.1. The molecule has 0 aliphatic heterocycles. The van der Waals surface area contributed by atoms with Gasteiger partial charge in [-0.1, -0.05) is 13.8 Å². The van der Waals surface area contributed by atoms with Crippen LogP contribution in [0.2, 0.25) is 0 Å². The first-order valence-corrected chi connectivity index (χ1v) is 5.37. The molecule has 0 aromatic carbocycles. The van der Waals surface area contributed by atoms with Crippen molar-refractivity contribution in [2.75, 3.05) is 0 Å². The van der Waals surface area contributed by atoms with Crippen LogP contribution in [0.1, 0.15) is 26.7 Å². The minimum Gasteiger partial charge on any atom is -0.295 e. The second-order valence-corrected chi connectivity index (χ2v) is 4.72. The van der Waals surface area contributed by atoms with E-state index < -0.39 is 0 Å². The van der Waals surface area contributed by atoms with Crippen molar-refractivity contribution in [2.24, 2.45) is 23.7 Å². The molecule has 4 unspecified atom stereocenters. The van der Waals surface area contributed by atoms with Crippen LogP contribution in [0.15, 0.2) is 12.2 Å². The van der Waals surface area contributed by atoms with Gasteiger partial charge in [0.15, 0.2) is 11.6 Å². The summed E-state index contributed by atoms with van der Waals surface area (Å²) >= 11 is 0. The maximum Gasteiger partial charge on any atom is 0.159 e. The highest BCUT2D eigenvalue weighted by Crippen LogP contribution is 2.41. The Bertz CT molecular complexity index is 273. The molecular weight excluding hydrogens is 176 g/mol. The van der Waals surface area contributed by atoms with Gasteiger partial charge in [-0.2, -0.15) is 0 Å². The van der Waals surface area contributed by atoms with Crippen molar-refractivity contribution in [3.8, 4) is 0 Å². The van der Waals surface area contributed by atoms with Crippen molar-refractivity contribution in [3.05, 3.63) is 12.2 Å². The van der Waals surface area contributed by atoms with Gasteiger partial charge in [0.25, 0.3) is 0 Å². The Morgan fingerprint density at radius 2 is 1.29 bits per heavy atom. The number of hydrogen-bond acceptors (Lipinski definition) is 2. The summed E-state index contributed by atoms with van der Waals surface area (Å²) < 4.78 is 0. The molecule has 0 amide bonds. The molecule has 2 heteroatoms. The van der Waals surface area contributed by atoms with Crippen LogP contribution in [-0.4, -0.2) is 11.6 Å². The summed E-state index contributed by atoms with van der Waals surface area (Å²) in [7, 11) is 0. The average molecular weight is 192 g/mol. The standard InChI is InChI=1S/C12H16O2/c1-7-3-4-8(2)12-10(14)6-5-9(13)11(7)12/h5-8,11-12H,3-4H2,1-2H3. The Kier molecular flexibility index (Phi) is 2.30. The molecule has 0 spiro atoms. The fourth-order valence-corrected chi connectivity index (χ4v) is 2.89. The molecule has 0 radical (unpaired) electrons. The van der Waals surface area contributed by atoms with Gasteiger partial charge in [-0.05, 0) is 36.8 Å². The first-order valence-electron chi connectivity index (χ1n) is 5.37. The second kappa shape index (κ2) is 3.34. The normalized spacial score (nSPS) is 42.4. The summed E-state index contributed by atoms with van der Waals surface area (Å²) in [6.45, 7) is 4.18. The summed E-state index contributed by atoms with van der Waals surface area (Å²) in [5, 5.41) is 0. The highest BCUT2D eigenvalue weighted by Gasteiger charge is 2.43. The lowest BCUT2D eigenvalue weighted by Gasteiger charge is -2.39. The van der Waals surface area contributed by atoms with Crippen LogP contribution in [0, 0.1) is 23.7 Å². The van der Waals surface area contributed by atoms with Gasteiger partial charge < -0.3 is 0 Å². The summed E-state index contributed by atoms with van der Waals surface area (Å²) in [5.74, 6) is 1.00. The molecule has 0 N–H and O–H groups in total. The molecule has 2 rings (SSSR count). The fourth-order valence-electron chi connectivity index (χ4n) is 2.89. The Morgan fingerprint density at radius 1 is 0.929 bits per heavy atom. The van der Waals surface area contributed by atoms with Gasteiger partial charge in [-0.15, -0.1) is 0 Å².